The molecule has 0 unspecified atom stereocenters. The van der Waals surface area contributed by atoms with Crippen LogP contribution >= 0.6 is 0 Å². The van der Waals surface area contributed by atoms with Crippen molar-refractivity contribution in [2.75, 3.05) is 5.32 Å². The van der Waals surface area contributed by atoms with Gasteiger partial charge in [0.25, 0.3) is 5.91 Å². The van der Waals surface area contributed by atoms with Gasteiger partial charge in [-0.1, -0.05) is 17.7 Å². The number of rotatable bonds is 5. The lowest BCUT2D eigenvalue weighted by Gasteiger charge is -2.15. The van der Waals surface area contributed by atoms with Gasteiger partial charge in [-0.05, 0) is 56.7 Å². The van der Waals surface area contributed by atoms with Crippen LogP contribution in [0.4, 0.5) is 5.69 Å². The van der Waals surface area contributed by atoms with E-state index in [0.29, 0.717) is 16.8 Å². The molecule has 0 aliphatic carbocycles. The maximum absolute atomic E-state index is 12.3. The first-order chi connectivity index (χ1) is 11.8. The van der Waals surface area contributed by atoms with Gasteiger partial charge >= 0.3 is 5.97 Å². The Morgan fingerprint density at radius 2 is 1.68 bits per heavy atom. The molecule has 0 aliphatic heterocycles. The zero-order valence-corrected chi connectivity index (χ0v) is 14.3. The Labute approximate surface area is 146 Å². The largest absolute Gasteiger partial charge is 0.449 e. The number of carbonyl (C=O) groups excluding carboxylic acids is 3. The molecule has 0 saturated carbocycles. The van der Waals surface area contributed by atoms with Crippen LogP contribution in [-0.4, -0.2) is 23.9 Å². The predicted octanol–water partition coefficient (Wildman–Crippen LogP) is 2.59. The molecule has 25 heavy (non-hydrogen) atoms. The van der Waals surface area contributed by atoms with E-state index in [4.69, 9.17) is 10.5 Å². The average molecular weight is 340 g/mol. The van der Waals surface area contributed by atoms with Gasteiger partial charge in [0.2, 0.25) is 5.91 Å². The zero-order chi connectivity index (χ0) is 18.6. The van der Waals surface area contributed by atoms with Crippen molar-refractivity contribution < 1.29 is 19.1 Å². The smallest absolute Gasteiger partial charge is 0.339 e. The molecule has 3 N–H and O–H groups in total. The summed E-state index contributed by atoms with van der Waals surface area (Å²) in [5.74, 6) is -1.56. The summed E-state index contributed by atoms with van der Waals surface area (Å²) in [6.45, 7) is 5.18. The number of ether oxygens (including phenoxy) is 1. The van der Waals surface area contributed by atoms with Crippen molar-refractivity contribution in [2.45, 2.75) is 26.9 Å². The molecular weight excluding hydrogens is 320 g/mol. The quantitative estimate of drug-likeness (QED) is 0.817. The first kappa shape index (κ1) is 18.2. The Morgan fingerprint density at radius 3 is 2.28 bits per heavy atom. The van der Waals surface area contributed by atoms with E-state index in [1.54, 1.807) is 25.1 Å². The fourth-order valence-corrected chi connectivity index (χ4v) is 2.20. The second-order valence-electron chi connectivity index (χ2n) is 5.80. The van der Waals surface area contributed by atoms with Crippen LogP contribution in [0.25, 0.3) is 0 Å². The Hall–Kier alpha value is -3.15. The lowest BCUT2D eigenvalue weighted by Crippen LogP contribution is -2.30. The summed E-state index contributed by atoms with van der Waals surface area (Å²) in [6, 6.07) is 11.6. The van der Waals surface area contributed by atoms with Gasteiger partial charge in [0.1, 0.15) is 0 Å². The Morgan fingerprint density at radius 1 is 1.04 bits per heavy atom. The van der Waals surface area contributed by atoms with Crippen LogP contribution in [0.5, 0.6) is 0 Å². The third-order valence-electron chi connectivity index (χ3n) is 3.70. The number of nitrogens with two attached hydrogens (primary N) is 1. The summed E-state index contributed by atoms with van der Waals surface area (Å²) < 4.78 is 5.24. The lowest BCUT2D eigenvalue weighted by atomic mass is 10.1. The third kappa shape index (κ3) is 4.67. The second-order valence-corrected chi connectivity index (χ2v) is 5.80. The number of hydrogen-bond donors (Lipinski definition) is 2. The van der Waals surface area contributed by atoms with Crippen molar-refractivity contribution in [3.05, 3.63) is 64.7 Å². The minimum atomic E-state index is -0.969. The van der Waals surface area contributed by atoms with Crippen molar-refractivity contribution >= 4 is 23.5 Å². The normalized spacial score (nSPS) is 11.5. The average Bonchev–Trinajstić information content (AvgIpc) is 2.57. The molecule has 0 spiro atoms. The molecule has 2 aromatic rings. The van der Waals surface area contributed by atoms with E-state index in [2.05, 4.69) is 5.32 Å². The van der Waals surface area contributed by atoms with E-state index in [0.717, 1.165) is 11.1 Å². The highest BCUT2D eigenvalue weighted by molar-refractivity contribution is 5.98. The molecular formula is C19H20N2O4. The molecule has 0 bridgehead atoms. The molecule has 6 heteroatoms. The topological polar surface area (TPSA) is 98.5 Å². The zero-order valence-electron chi connectivity index (χ0n) is 14.3. The summed E-state index contributed by atoms with van der Waals surface area (Å²) in [5.41, 5.74) is 8.13. The van der Waals surface area contributed by atoms with Crippen LogP contribution in [0.2, 0.25) is 0 Å². The lowest BCUT2D eigenvalue weighted by molar-refractivity contribution is -0.123. The van der Waals surface area contributed by atoms with Crippen molar-refractivity contribution in [2.24, 2.45) is 5.73 Å². The van der Waals surface area contributed by atoms with Crippen LogP contribution in [0.3, 0.4) is 0 Å². The first-order valence-electron chi connectivity index (χ1n) is 7.77. The SMILES string of the molecule is Cc1ccc(C)c(C(=O)O[C@H](C)C(=O)Nc2ccc(C(N)=O)cc2)c1. The van der Waals surface area contributed by atoms with Crippen molar-refractivity contribution in [1.82, 2.24) is 0 Å². The molecule has 0 heterocycles. The van der Waals surface area contributed by atoms with E-state index >= 15 is 0 Å². The summed E-state index contributed by atoms with van der Waals surface area (Å²) >= 11 is 0. The van der Waals surface area contributed by atoms with Crippen LogP contribution in [0, 0.1) is 13.8 Å². The van der Waals surface area contributed by atoms with E-state index in [1.165, 1.54) is 19.1 Å². The second kappa shape index (κ2) is 7.61. The Balaban J connectivity index is 2.01. The standard InChI is InChI=1S/C19H20N2O4/c1-11-4-5-12(2)16(10-11)19(24)25-13(3)18(23)21-15-8-6-14(7-9-15)17(20)22/h4-10,13H,1-3H3,(H2,20,22)(H,21,23)/t13-/m1/s1. The maximum Gasteiger partial charge on any atom is 0.339 e. The molecule has 2 aromatic carbocycles. The van der Waals surface area contributed by atoms with E-state index in [9.17, 15) is 14.4 Å². The van der Waals surface area contributed by atoms with Crippen molar-refractivity contribution in [3.63, 3.8) is 0 Å². The number of benzene rings is 2. The van der Waals surface area contributed by atoms with Crippen LogP contribution in [0.1, 0.15) is 38.8 Å². The molecule has 0 saturated heterocycles. The Kier molecular flexibility index (Phi) is 5.54. The van der Waals surface area contributed by atoms with Crippen LogP contribution in [0.15, 0.2) is 42.5 Å². The van der Waals surface area contributed by atoms with Gasteiger partial charge in [-0.15, -0.1) is 0 Å². The van der Waals surface area contributed by atoms with Gasteiger partial charge in [-0.2, -0.15) is 0 Å². The Bertz CT molecular complexity index is 813. The fourth-order valence-electron chi connectivity index (χ4n) is 2.20. The molecule has 6 nitrogen and oxygen atoms in total. The summed E-state index contributed by atoms with van der Waals surface area (Å²) in [5, 5.41) is 2.62. The monoisotopic (exact) mass is 340 g/mol. The van der Waals surface area contributed by atoms with E-state index < -0.39 is 23.9 Å². The number of carbonyl (C=O) groups is 3. The van der Waals surface area contributed by atoms with Gasteiger partial charge in [0.15, 0.2) is 6.10 Å². The molecule has 2 amide bonds. The van der Waals surface area contributed by atoms with Gasteiger partial charge in [-0.25, -0.2) is 4.79 Å². The highest BCUT2D eigenvalue weighted by Gasteiger charge is 2.20. The number of esters is 1. The van der Waals surface area contributed by atoms with Gasteiger partial charge < -0.3 is 15.8 Å². The number of nitrogens with one attached hydrogen (secondary N) is 1. The van der Waals surface area contributed by atoms with E-state index in [-0.39, 0.29) is 0 Å². The maximum atomic E-state index is 12.3. The van der Waals surface area contributed by atoms with Crippen LogP contribution < -0.4 is 11.1 Å². The predicted molar refractivity (Wildman–Crippen MR) is 94.4 cm³/mol. The third-order valence-corrected chi connectivity index (χ3v) is 3.70. The van der Waals surface area contributed by atoms with Crippen molar-refractivity contribution in [3.8, 4) is 0 Å². The molecule has 0 radical (unpaired) electrons. The van der Waals surface area contributed by atoms with Crippen LogP contribution in [-0.2, 0) is 9.53 Å². The molecule has 0 aliphatic rings. The molecule has 0 aromatic heterocycles. The molecule has 0 fully saturated rings. The summed E-state index contributed by atoms with van der Waals surface area (Å²) in [6.07, 6.45) is -0.969. The number of anilines is 1. The van der Waals surface area contributed by atoms with Gasteiger partial charge in [-0.3, -0.25) is 9.59 Å². The first-order valence-corrected chi connectivity index (χ1v) is 7.77. The van der Waals surface area contributed by atoms with E-state index in [1.807, 2.05) is 19.1 Å². The minimum absolute atomic E-state index is 0.340. The summed E-state index contributed by atoms with van der Waals surface area (Å²) in [7, 11) is 0. The van der Waals surface area contributed by atoms with Gasteiger partial charge in [0, 0.05) is 11.3 Å². The highest BCUT2D eigenvalue weighted by atomic mass is 16.5. The van der Waals surface area contributed by atoms with Gasteiger partial charge in [0.05, 0.1) is 5.56 Å². The number of primary amides is 1. The summed E-state index contributed by atoms with van der Waals surface area (Å²) in [4.78, 5) is 35.4. The molecule has 2 rings (SSSR count). The fraction of sp³-hybridized carbons (Fsp3) is 0.211. The van der Waals surface area contributed by atoms with Crippen molar-refractivity contribution in [1.29, 1.82) is 0 Å². The number of amides is 2. The molecule has 130 valence electrons. The number of hydrogen-bond acceptors (Lipinski definition) is 4. The molecule has 1 atom stereocenters. The minimum Gasteiger partial charge on any atom is -0.449 e. The number of aryl methyl sites for hydroxylation is 2. The highest BCUT2D eigenvalue weighted by Crippen LogP contribution is 2.14.